The van der Waals surface area contributed by atoms with E-state index in [2.05, 4.69) is 11.9 Å². The predicted molar refractivity (Wildman–Crippen MR) is 96.7 cm³/mol. The average molecular weight is 322 g/mol. The fourth-order valence-electron chi connectivity index (χ4n) is 2.77. The lowest BCUT2D eigenvalue weighted by molar-refractivity contribution is 0.104. The summed E-state index contributed by atoms with van der Waals surface area (Å²) < 4.78 is 0. The molecule has 2 aromatic rings. The molecule has 0 spiro atoms. The first kappa shape index (κ1) is 15.3. The minimum atomic E-state index is 0.00292. The minimum absolute atomic E-state index is 0.00292. The highest BCUT2D eigenvalue weighted by atomic mass is 35.5. The maximum Gasteiger partial charge on any atom is 0.196 e. The van der Waals surface area contributed by atoms with Crippen molar-refractivity contribution in [3.8, 4) is 0 Å². The van der Waals surface area contributed by atoms with Crippen LogP contribution in [0.15, 0.2) is 78.5 Å². The molecule has 23 heavy (non-hydrogen) atoms. The summed E-state index contributed by atoms with van der Waals surface area (Å²) >= 11 is 6.22. The third-order valence-electron chi connectivity index (χ3n) is 3.86. The molecule has 1 aliphatic carbocycles. The van der Waals surface area contributed by atoms with Crippen molar-refractivity contribution in [3.05, 3.63) is 94.7 Å². The molecule has 2 aromatic carbocycles. The number of carbonyl (C=O) groups is 1. The topological polar surface area (TPSA) is 29.1 Å². The Bertz CT molecular complexity index is 861. The van der Waals surface area contributed by atoms with Gasteiger partial charge in [0.05, 0.1) is 16.3 Å². The van der Waals surface area contributed by atoms with Crippen LogP contribution in [-0.4, -0.2) is 5.78 Å². The normalized spacial score (nSPS) is 14.0. The molecule has 3 rings (SSSR count). The minimum Gasteiger partial charge on any atom is -0.354 e. The number of fused-ring (bicyclic) bond motifs is 1. The standard InChI is InChI=1S/C20H16ClNO/c1-3-13-14-9-5-6-10-15(14)20(23)19(13)17(4-2)22-18-12-8-7-11-16(18)21/h3-12,22H,1H2,2H3/b17-4+. The van der Waals surface area contributed by atoms with Crippen LogP contribution in [0, 0.1) is 0 Å². The number of halogens is 1. The number of Topliss-reactive ketones (excluding diaryl/α,β-unsaturated/α-hetero) is 1. The first-order valence-corrected chi connectivity index (χ1v) is 7.74. The summed E-state index contributed by atoms with van der Waals surface area (Å²) in [5.41, 5.74) is 4.60. The number of carbonyl (C=O) groups excluding carboxylic acids is 1. The van der Waals surface area contributed by atoms with Gasteiger partial charge in [-0.2, -0.15) is 0 Å². The third kappa shape index (κ3) is 2.62. The highest BCUT2D eigenvalue weighted by Crippen LogP contribution is 2.37. The van der Waals surface area contributed by atoms with E-state index >= 15 is 0 Å². The predicted octanol–water partition coefficient (Wildman–Crippen LogP) is 5.49. The van der Waals surface area contributed by atoms with Crippen molar-refractivity contribution in [2.75, 3.05) is 5.32 Å². The number of ketones is 1. The molecule has 0 aromatic heterocycles. The van der Waals surface area contributed by atoms with Crippen molar-refractivity contribution in [3.63, 3.8) is 0 Å². The summed E-state index contributed by atoms with van der Waals surface area (Å²) in [6, 6.07) is 15.0. The SMILES string of the molecule is C=CC1=C(/C(=C\C)Nc2ccccc2Cl)C(=O)c2ccccc21. The quantitative estimate of drug-likeness (QED) is 0.806. The fraction of sp³-hybridized carbons (Fsp3) is 0.0500. The summed E-state index contributed by atoms with van der Waals surface area (Å²) in [5.74, 6) is 0.00292. The Labute approximate surface area is 140 Å². The zero-order valence-electron chi connectivity index (χ0n) is 12.8. The molecule has 114 valence electrons. The fourth-order valence-corrected chi connectivity index (χ4v) is 2.96. The van der Waals surface area contributed by atoms with Crippen molar-refractivity contribution in [2.24, 2.45) is 0 Å². The van der Waals surface area contributed by atoms with Gasteiger partial charge in [0.2, 0.25) is 0 Å². The zero-order chi connectivity index (χ0) is 16.4. The number of benzene rings is 2. The summed E-state index contributed by atoms with van der Waals surface area (Å²) in [7, 11) is 0. The Balaban J connectivity index is 2.07. The molecule has 1 N–H and O–H groups in total. The molecule has 1 aliphatic rings. The van der Waals surface area contributed by atoms with E-state index in [0.29, 0.717) is 16.2 Å². The van der Waals surface area contributed by atoms with Crippen LogP contribution in [0.25, 0.3) is 5.57 Å². The van der Waals surface area contributed by atoms with Crippen LogP contribution in [0.5, 0.6) is 0 Å². The molecule has 0 aliphatic heterocycles. The Morgan fingerprint density at radius 3 is 2.39 bits per heavy atom. The molecular weight excluding hydrogens is 306 g/mol. The van der Waals surface area contributed by atoms with Crippen molar-refractivity contribution in [1.82, 2.24) is 0 Å². The molecule has 0 amide bonds. The molecular formula is C20H16ClNO. The number of allylic oxidation sites excluding steroid dienone is 4. The number of nitrogens with one attached hydrogen (secondary N) is 1. The lowest BCUT2D eigenvalue weighted by Crippen LogP contribution is -2.09. The third-order valence-corrected chi connectivity index (χ3v) is 4.19. The van der Waals surface area contributed by atoms with E-state index < -0.39 is 0 Å². The number of anilines is 1. The van der Waals surface area contributed by atoms with E-state index in [-0.39, 0.29) is 5.78 Å². The van der Waals surface area contributed by atoms with Gasteiger partial charge >= 0.3 is 0 Å². The molecule has 0 fully saturated rings. The Morgan fingerprint density at radius 1 is 1.09 bits per heavy atom. The molecule has 0 unspecified atom stereocenters. The first-order valence-electron chi connectivity index (χ1n) is 7.36. The van der Waals surface area contributed by atoms with E-state index in [9.17, 15) is 4.79 Å². The van der Waals surface area contributed by atoms with Gasteiger partial charge in [-0.3, -0.25) is 4.79 Å². The van der Waals surface area contributed by atoms with Gasteiger partial charge in [0.25, 0.3) is 0 Å². The van der Waals surface area contributed by atoms with E-state index in [1.165, 1.54) is 0 Å². The molecule has 2 nitrogen and oxygen atoms in total. The van der Waals surface area contributed by atoms with Crippen LogP contribution >= 0.6 is 11.6 Å². The van der Waals surface area contributed by atoms with Gasteiger partial charge in [0, 0.05) is 11.3 Å². The highest BCUT2D eigenvalue weighted by Gasteiger charge is 2.29. The summed E-state index contributed by atoms with van der Waals surface area (Å²) in [6.45, 7) is 5.77. The molecule has 0 radical (unpaired) electrons. The second-order valence-corrected chi connectivity index (χ2v) is 5.58. The molecule has 0 heterocycles. The molecule has 0 atom stereocenters. The lowest BCUT2D eigenvalue weighted by Gasteiger charge is -2.13. The van der Waals surface area contributed by atoms with Gasteiger partial charge in [-0.25, -0.2) is 0 Å². The monoisotopic (exact) mass is 321 g/mol. The number of para-hydroxylation sites is 1. The van der Waals surface area contributed by atoms with Gasteiger partial charge in [-0.05, 0) is 30.2 Å². The summed E-state index contributed by atoms with van der Waals surface area (Å²) in [6.07, 6.45) is 3.61. The Kier molecular flexibility index (Phi) is 4.18. The lowest BCUT2D eigenvalue weighted by atomic mass is 10.0. The van der Waals surface area contributed by atoms with Gasteiger partial charge in [0.1, 0.15) is 0 Å². The van der Waals surface area contributed by atoms with E-state index in [0.717, 1.165) is 22.5 Å². The van der Waals surface area contributed by atoms with Crippen molar-refractivity contribution in [1.29, 1.82) is 0 Å². The second-order valence-electron chi connectivity index (χ2n) is 5.17. The molecule has 0 saturated heterocycles. The summed E-state index contributed by atoms with van der Waals surface area (Å²) in [5, 5.41) is 3.88. The van der Waals surface area contributed by atoms with Crippen LogP contribution in [0.3, 0.4) is 0 Å². The van der Waals surface area contributed by atoms with Gasteiger partial charge < -0.3 is 5.32 Å². The Morgan fingerprint density at radius 2 is 1.74 bits per heavy atom. The van der Waals surface area contributed by atoms with Crippen LogP contribution in [0.4, 0.5) is 5.69 Å². The maximum absolute atomic E-state index is 12.8. The second kappa shape index (κ2) is 6.27. The average Bonchev–Trinajstić information content (AvgIpc) is 2.87. The van der Waals surface area contributed by atoms with E-state index in [1.54, 1.807) is 6.08 Å². The van der Waals surface area contributed by atoms with Crippen LogP contribution in [0.2, 0.25) is 5.02 Å². The molecule has 0 saturated carbocycles. The number of hydrogen-bond acceptors (Lipinski definition) is 2. The van der Waals surface area contributed by atoms with Gasteiger partial charge in [0.15, 0.2) is 5.78 Å². The van der Waals surface area contributed by atoms with E-state index in [4.69, 9.17) is 11.6 Å². The van der Waals surface area contributed by atoms with Crippen molar-refractivity contribution >= 4 is 28.6 Å². The largest absolute Gasteiger partial charge is 0.354 e. The first-order chi connectivity index (χ1) is 11.2. The van der Waals surface area contributed by atoms with Crippen molar-refractivity contribution < 1.29 is 4.79 Å². The zero-order valence-corrected chi connectivity index (χ0v) is 13.5. The molecule has 0 bridgehead atoms. The Hall–Kier alpha value is -2.58. The maximum atomic E-state index is 12.8. The van der Waals surface area contributed by atoms with E-state index in [1.807, 2.05) is 61.5 Å². The number of hydrogen-bond donors (Lipinski definition) is 1. The van der Waals surface area contributed by atoms with Crippen molar-refractivity contribution in [2.45, 2.75) is 6.92 Å². The smallest absolute Gasteiger partial charge is 0.196 e. The molecule has 3 heteroatoms. The summed E-state index contributed by atoms with van der Waals surface area (Å²) in [4.78, 5) is 12.8. The van der Waals surface area contributed by atoms with Crippen LogP contribution < -0.4 is 5.32 Å². The van der Waals surface area contributed by atoms with Crippen LogP contribution in [-0.2, 0) is 0 Å². The van der Waals surface area contributed by atoms with Gasteiger partial charge in [-0.1, -0.05) is 66.7 Å². The highest BCUT2D eigenvalue weighted by molar-refractivity contribution is 6.33. The van der Waals surface area contributed by atoms with Gasteiger partial charge in [-0.15, -0.1) is 0 Å². The number of rotatable bonds is 4. The van der Waals surface area contributed by atoms with Crippen LogP contribution in [0.1, 0.15) is 22.8 Å².